The lowest BCUT2D eigenvalue weighted by molar-refractivity contribution is 0.0943. The fourth-order valence-electron chi connectivity index (χ4n) is 2.24. The van der Waals surface area contributed by atoms with Crippen LogP contribution >= 0.6 is 23.2 Å². The van der Waals surface area contributed by atoms with Gasteiger partial charge in [-0.1, -0.05) is 17.7 Å². The van der Waals surface area contributed by atoms with Crippen LogP contribution in [-0.2, 0) is 0 Å². The van der Waals surface area contributed by atoms with Gasteiger partial charge in [-0.2, -0.15) is 0 Å². The van der Waals surface area contributed by atoms with Gasteiger partial charge in [-0.3, -0.25) is 4.79 Å². The quantitative estimate of drug-likeness (QED) is 0.846. The van der Waals surface area contributed by atoms with Crippen molar-refractivity contribution >= 4 is 29.1 Å². The Hall–Kier alpha value is -0.800. The Morgan fingerprint density at radius 2 is 2.22 bits per heavy atom. The highest BCUT2D eigenvalue weighted by Gasteiger charge is 2.24. The van der Waals surface area contributed by atoms with Gasteiger partial charge in [-0.25, -0.2) is 4.39 Å². The first-order chi connectivity index (χ1) is 8.58. The van der Waals surface area contributed by atoms with Gasteiger partial charge in [0.25, 0.3) is 5.91 Å². The number of carbonyl (C=O) groups excluding carboxylic acids is 1. The van der Waals surface area contributed by atoms with E-state index in [1.807, 2.05) is 0 Å². The summed E-state index contributed by atoms with van der Waals surface area (Å²) >= 11 is 11.8. The minimum absolute atomic E-state index is 0.0837. The Morgan fingerprint density at radius 1 is 1.44 bits per heavy atom. The number of benzene rings is 1. The van der Waals surface area contributed by atoms with Gasteiger partial charge >= 0.3 is 0 Å². The van der Waals surface area contributed by atoms with E-state index < -0.39 is 11.7 Å². The number of alkyl halides is 1. The summed E-state index contributed by atoms with van der Waals surface area (Å²) in [5.74, 6) is -0.681. The molecule has 0 bridgehead atoms. The summed E-state index contributed by atoms with van der Waals surface area (Å²) in [6.45, 7) is 0.521. The Bertz CT molecular complexity index is 432. The van der Waals surface area contributed by atoms with E-state index in [-0.39, 0.29) is 16.0 Å². The van der Waals surface area contributed by atoms with Gasteiger partial charge in [0.15, 0.2) is 0 Å². The molecule has 0 radical (unpaired) electrons. The van der Waals surface area contributed by atoms with Crippen molar-refractivity contribution in [1.29, 1.82) is 0 Å². The van der Waals surface area contributed by atoms with Crippen LogP contribution in [0.3, 0.4) is 0 Å². The minimum atomic E-state index is -0.596. The summed E-state index contributed by atoms with van der Waals surface area (Å²) < 4.78 is 13.5. The topological polar surface area (TPSA) is 29.1 Å². The zero-order valence-corrected chi connectivity index (χ0v) is 11.3. The van der Waals surface area contributed by atoms with E-state index in [1.54, 1.807) is 0 Å². The summed E-state index contributed by atoms with van der Waals surface area (Å²) in [5.41, 5.74) is -0.0837. The maximum atomic E-state index is 13.5. The fourth-order valence-corrected chi connectivity index (χ4v) is 2.87. The molecule has 98 valence electrons. The van der Waals surface area contributed by atoms with Gasteiger partial charge in [0.05, 0.1) is 10.6 Å². The average Bonchev–Trinajstić information content (AvgIpc) is 2.72. The molecule has 1 aliphatic carbocycles. The monoisotopic (exact) mass is 289 g/mol. The van der Waals surface area contributed by atoms with E-state index >= 15 is 0 Å². The van der Waals surface area contributed by atoms with Crippen LogP contribution in [0.15, 0.2) is 18.2 Å². The molecule has 1 N–H and O–H groups in total. The maximum absolute atomic E-state index is 13.5. The van der Waals surface area contributed by atoms with Gasteiger partial charge in [-0.15, -0.1) is 11.6 Å². The van der Waals surface area contributed by atoms with Crippen molar-refractivity contribution in [1.82, 2.24) is 5.32 Å². The number of rotatable bonds is 3. The first-order valence-corrected chi connectivity index (χ1v) is 6.75. The molecule has 2 rings (SSSR count). The van der Waals surface area contributed by atoms with Crippen molar-refractivity contribution in [2.24, 2.45) is 5.92 Å². The zero-order valence-electron chi connectivity index (χ0n) is 9.76. The van der Waals surface area contributed by atoms with E-state index in [0.29, 0.717) is 12.5 Å². The number of halogens is 3. The Labute approximate surface area is 115 Å². The molecule has 1 fully saturated rings. The van der Waals surface area contributed by atoms with Crippen molar-refractivity contribution in [3.05, 3.63) is 34.6 Å². The molecule has 2 unspecified atom stereocenters. The van der Waals surface area contributed by atoms with Crippen LogP contribution in [0.1, 0.15) is 29.6 Å². The Kier molecular flexibility index (Phi) is 4.46. The van der Waals surface area contributed by atoms with Crippen molar-refractivity contribution in [2.45, 2.75) is 24.6 Å². The maximum Gasteiger partial charge on any atom is 0.255 e. The second-order valence-electron chi connectivity index (χ2n) is 4.58. The van der Waals surface area contributed by atoms with Gasteiger partial charge in [-0.05, 0) is 37.3 Å². The van der Waals surface area contributed by atoms with Crippen LogP contribution in [-0.4, -0.2) is 17.8 Å². The first kappa shape index (κ1) is 13.6. The molecule has 0 aromatic heterocycles. The second-order valence-corrected chi connectivity index (χ2v) is 5.61. The first-order valence-electron chi connectivity index (χ1n) is 5.94. The molecule has 2 atom stereocenters. The smallest absolute Gasteiger partial charge is 0.255 e. The van der Waals surface area contributed by atoms with Crippen molar-refractivity contribution in [3.63, 3.8) is 0 Å². The number of amides is 1. The molecule has 1 saturated carbocycles. The van der Waals surface area contributed by atoms with Crippen LogP contribution in [0.25, 0.3) is 0 Å². The van der Waals surface area contributed by atoms with Gasteiger partial charge < -0.3 is 5.32 Å². The van der Waals surface area contributed by atoms with Crippen molar-refractivity contribution < 1.29 is 9.18 Å². The average molecular weight is 290 g/mol. The predicted molar refractivity (Wildman–Crippen MR) is 70.7 cm³/mol. The van der Waals surface area contributed by atoms with Crippen LogP contribution < -0.4 is 5.32 Å². The lowest BCUT2D eigenvalue weighted by Gasteiger charge is -2.12. The van der Waals surface area contributed by atoms with Crippen LogP contribution in [0.2, 0.25) is 5.02 Å². The largest absolute Gasteiger partial charge is 0.352 e. The molecule has 1 aliphatic rings. The molecule has 0 heterocycles. The molecule has 5 heteroatoms. The fraction of sp³-hybridized carbons (Fsp3) is 0.462. The van der Waals surface area contributed by atoms with E-state index in [0.717, 1.165) is 19.3 Å². The van der Waals surface area contributed by atoms with Crippen molar-refractivity contribution in [2.75, 3.05) is 6.54 Å². The standard InChI is InChI=1S/C13H14Cl2FNO/c14-9-5-4-8(6-9)7-17-13(18)12-10(15)2-1-3-11(12)16/h1-3,8-9H,4-7H2,(H,17,18). The SMILES string of the molecule is O=C(NCC1CCC(Cl)C1)c1c(F)cccc1Cl. The van der Waals surface area contributed by atoms with Gasteiger partial charge in [0.1, 0.15) is 5.82 Å². The summed E-state index contributed by atoms with van der Waals surface area (Å²) in [6.07, 6.45) is 2.87. The third kappa shape index (κ3) is 3.15. The molecule has 0 saturated heterocycles. The highest BCUT2D eigenvalue weighted by atomic mass is 35.5. The normalized spacial score (nSPS) is 23.1. The predicted octanol–water partition coefficient (Wildman–Crippen LogP) is 3.62. The number of hydrogen-bond acceptors (Lipinski definition) is 1. The third-order valence-corrected chi connectivity index (χ3v) is 3.93. The van der Waals surface area contributed by atoms with E-state index in [1.165, 1.54) is 18.2 Å². The molecule has 18 heavy (non-hydrogen) atoms. The second kappa shape index (κ2) is 5.89. The molecular formula is C13H14Cl2FNO. The molecule has 1 aromatic carbocycles. The number of carbonyl (C=O) groups is 1. The van der Waals surface area contributed by atoms with Crippen molar-refractivity contribution in [3.8, 4) is 0 Å². The molecule has 0 aliphatic heterocycles. The lowest BCUT2D eigenvalue weighted by Crippen LogP contribution is -2.29. The lowest BCUT2D eigenvalue weighted by atomic mass is 10.1. The zero-order chi connectivity index (χ0) is 13.1. The summed E-state index contributed by atoms with van der Waals surface area (Å²) in [6, 6.07) is 4.21. The van der Waals surface area contributed by atoms with E-state index in [9.17, 15) is 9.18 Å². The Balaban J connectivity index is 1.96. The van der Waals surface area contributed by atoms with E-state index in [2.05, 4.69) is 5.32 Å². The summed E-state index contributed by atoms with van der Waals surface area (Å²) in [4.78, 5) is 11.9. The third-order valence-electron chi connectivity index (χ3n) is 3.22. The van der Waals surface area contributed by atoms with Gasteiger partial charge in [0, 0.05) is 11.9 Å². The van der Waals surface area contributed by atoms with Crippen LogP contribution in [0, 0.1) is 11.7 Å². The van der Waals surface area contributed by atoms with Crippen LogP contribution in [0.4, 0.5) is 4.39 Å². The van der Waals surface area contributed by atoms with E-state index in [4.69, 9.17) is 23.2 Å². The molecule has 0 spiro atoms. The summed E-state index contributed by atoms with van der Waals surface area (Å²) in [5, 5.41) is 3.05. The number of nitrogens with one attached hydrogen (secondary N) is 1. The molecule has 1 aromatic rings. The molecular weight excluding hydrogens is 276 g/mol. The molecule has 2 nitrogen and oxygen atoms in total. The highest BCUT2D eigenvalue weighted by Crippen LogP contribution is 2.29. The Morgan fingerprint density at radius 3 is 2.83 bits per heavy atom. The summed E-state index contributed by atoms with van der Waals surface area (Å²) in [7, 11) is 0. The van der Waals surface area contributed by atoms with Gasteiger partial charge in [0.2, 0.25) is 0 Å². The van der Waals surface area contributed by atoms with Crippen LogP contribution in [0.5, 0.6) is 0 Å². The molecule has 1 amide bonds. The highest BCUT2D eigenvalue weighted by molar-refractivity contribution is 6.33. The minimum Gasteiger partial charge on any atom is -0.352 e. The number of hydrogen-bond donors (Lipinski definition) is 1.